The monoisotopic (exact) mass is 255 g/mol. The van der Waals surface area contributed by atoms with Gasteiger partial charge < -0.3 is 5.73 Å². The van der Waals surface area contributed by atoms with Crippen LogP contribution in [0.15, 0.2) is 30.3 Å². The molecular weight excluding hydrogens is 243 g/mol. The normalized spacial score (nSPS) is 11.8. The lowest BCUT2D eigenvalue weighted by Gasteiger charge is -2.10. The molecule has 0 aliphatic rings. The van der Waals surface area contributed by atoms with Crippen LogP contribution in [0.4, 0.5) is 19.0 Å². The molecule has 1 heterocycles. The molecule has 1 aromatic heterocycles. The van der Waals surface area contributed by atoms with Gasteiger partial charge >= 0.3 is 6.18 Å². The number of alkyl halides is 3. The maximum atomic E-state index is 12.8. The fourth-order valence-corrected chi connectivity index (χ4v) is 1.67. The van der Waals surface area contributed by atoms with Crippen molar-refractivity contribution in [2.45, 2.75) is 19.5 Å². The smallest absolute Gasteiger partial charge is 0.382 e. The summed E-state index contributed by atoms with van der Waals surface area (Å²) in [5.41, 5.74) is 5.86. The zero-order valence-corrected chi connectivity index (χ0v) is 9.70. The van der Waals surface area contributed by atoms with Gasteiger partial charge in [0.2, 0.25) is 0 Å². The van der Waals surface area contributed by atoms with Gasteiger partial charge in [0.1, 0.15) is 11.5 Å². The maximum Gasteiger partial charge on any atom is 0.433 e. The fraction of sp³-hybridized carbons (Fsp3) is 0.250. The lowest BCUT2D eigenvalue weighted by molar-refractivity contribution is -0.142. The highest BCUT2D eigenvalue weighted by Crippen LogP contribution is 2.32. The average Bonchev–Trinajstić information content (AvgIpc) is 2.71. The molecule has 0 aliphatic heterocycles. The number of nitrogen functional groups attached to an aromatic ring is 1. The molecule has 96 valence electrons. The Labute approximate surface area is 102 Å². The van der Waals surface area contributed by atoms with Crippen molar-refractivity contribution in [2.24, 2.45) is 0 Å². The summed E-state index contributed by atoms with van der Waals surface area (Å²) in [6, 6.07) is 7.56. The van der Waals surface area contributed by atoms with Crippen LogP contribution in [0.2, 0.25) is 0 Å². The molecule has 0 saturated carbocycles. The van der Waals surface area contributed by atoms with Crippen LogP contribution in [-0.4, -0.2) is 9.78 Å². The molecule has 18 heavy (non-hydrogen) atoms. The highest BCUT2D eigenvalue weighted by Gasteiger charge is 2.36. The van der Waals surface area contributed by atoms with Crippen molar-refractivity contribution >= 4 is 5.82 Å². The van der Waals surface area contributed by atoms with Gasteiger partial charge in [0.25, 0.3) is 0 Å². The van der Waals surface area contributed by atoms with E-state index >= 15 is 0 Å². The molecule has 0 saturated heterocycles. The van der Waals surface area contributed by atoms with Gasteiger partial charge in [0.05, 0.1) is 5.69 Å². The Morgan fingerprint density at radius 3 is 2.33 bits per heavy atom. The molecule has 0 fully saturated rings. The van der Waals surface area contributed by atoms with E-state index in [-0.39, 0.29) is 5.82 Å². The van der Waals surface area contributed by atoms with Crippen molar-refractivity contribution in [3.05, 3.63) is 41.6 Å². The molecule has 0 unspecified atom stereocenters. The van der Waals surface area contributed by atoms with Gasteiger partial charge in [-0.25, -0.2) is 4.68 Å². The predicted octanol–water partition coefficient (Wildman–Crippen LogP) is 3.04. The number of nitrogens with zero attached hydrogens (tertiary/aromatic N) is 2. The second kappa shape index (κ2) is 4.36. The third-order valence-electron chi connectivity index (χ3n) is 2.61. The Morgan fingerprint density at radius 2 is 1.83 bits per heavy atom. The predicted molar refractivity (Wildman–Crippen MR) is 62.4 cm³/mol. The van der Waals surface area contributed by atoms with E-state index in [2.05, 4.69) is 5.10 Å². The van der Waals surface area contributed by atoms with Gasteiger partial charge in [0, 0.05) is 6.07 Å². The minimum atomic E-state index is -4.48. The zero-order chi connectivity index (χ0) is 13.3. The number of hydrogen-bond acceptors (Lipinski definition) is 2. The van der Waals surface area contributed by atoms with Crippen LogP contribution in [0, 0.1) is 0 Å². The van der Waals surface area contributed by atoms with Crippen LogP contribution in [-0.2, 0) is 12.6 Å². The van der Waals surface area contributed by atoms with Crippen LogP contribution in [0.3, 0.4) is 0 Å². The standard InChI is InChI=1S/C12H12F3N3/c1-2-8-3-5-9(6-4-8)18-10(12(13,14)15)7-11(16)17-18/h3-7H,2H2,1H3,(H2,16,17). The van der Waals surface area contributed by atoms with E-state index < -0.39 is 11.9 Å². The molecule has 2 rings (SSSR count). The third-order valence-corrected chi connectivity index (χ3v) is 2.61. The maximum absolute atomic E-state index is 12.8. The molecule has 0 bridgehead atoms. The van der Waals surface area contributed by atoms with Crippen molar-refractivity contribution in [2.75, 3.05) is 5.73 Å². The van der Waals surface area contributed by atoms with E-state index in [1.54, 1.807) is 24.3 Å². The van der Waals surface area contributed by atoms with Gasteiger partial charge in [-0.1, -0.05) is 19.1 Å². The first-order valence-electron chi connectivity index (χ1n) is 5.44. The number of nitrogens with two attached hydrogens (primary N) is 1. The van der Waals surface area contributed by atoms with Gasteiger partial charge in [-0.05, 0) is 24.1 Å². The van der Waals surface area contributed by atoms with Crippen LogP contribution in [0.25, 0.3) is 5.69 Å². The van der Waals surface area contributed by atoms with Gasteiger partial charge in [-0.15, -0.1) is 0 Å². The molecule has 1 aromatic carbocycles. The highest BCUT2D eigenvalue weighted by molar-refractivity contribution is 5.41. The van der Waals surface area contributed by atoms with E-state index in [0.29, 0.717) is 5.69 Å². The van der Waals surface area contributed by atoms with Crippen LogP contribution >= 0.6 is 0 Å². The summed E-state index contributed by atoms with van der Waals surface area (Å²) in [4.78, 5) is 0. The van der Waals surface area contributed by atoms with E-state index in [1.807, 2.05) is 6.92 Å². The third kappa shape index (κ3) is 2.32. The summed E-state index contributed by atoms with van der Waals surface area (Å²) in [6.07, 6.45) is -3.65. The Balaban J connectivity index is 2.49. The number of rotatable bonds is 2. The summed E-state index contributed by atoms with van der Waals surface area (Å²) < 4.78 is 39.1. The zero-order valence-electron chi connectivity index (χ0n) is 9.70. The highest BCUT2D eigenvalue weighted by atomic mass is 19.4. The molecule has 0 spiro atoms. The Hall–Kier alpha value is -1.98. The molecular formula is C12H12F3N3. The molecule has 0 atom stereocenters. The van der Waals surface area contributed by atoms with Crippen molar-refractivity contribution in [3.8, 4) is 5.69 Å². The number of aromatic nitrogens is 2. The van der Waals surface area contributed by atoms with Crippen molar-refractivity contribution in [1.29, 1.82) is 0 Å². The van der Waals surface area contributed by atoms with Crippen LogP contribution in [0.1, 0.15) is 18.2 Å². The molecule has 2 aromatic rings. The Morgan fingerprint density at radius 1 is 1.22 bits per heavy atom. The second-order valence-corrected chi connectivity index (χ2v) is 3.88. The summed E-state index contributed by atoms with van der Waals surface area (Å²) in [5.74, 6) is -0.151. The number of benzene rings is 1. The van der Waals surface area contributed by atoms with Crippen molar-refractivity contribution in [3.63, 3.8) is 0 Å². The molecule has 0 amide bonds. The van der Waals surface area contributed by atoms with E-state index in [9.17, 15) is 13.2 Å². The molecule has 0 aliphatic carbocycles. The topological polar surface area (TPSA) is 43.8 Å². The first-order chi connectivity index (χ1) is 8.41. The lowest BCUT2D eigenvalue weighted by atomic mass is 10.1. The van der Waals surface area contributed by atoms with Crippen molar-refractivity contribution < 1.29 is 13.2 Å². The summed E-state index contributed by atoms with van der Waals surface area (Å²) >= 11 is 0. The first kappa shape index (κ1) is 12.5. The molecule has 6 heteroatoms. The number of hydrogen-bond donors (Lipinski definition) is 1. The van der Waals surface area contributed by atoms with E-state index in [1.165, 1.54) is 0 Å². The van der Waals surface area contributed by atoms with E-state index in [0.717, 1.165) is 22.7 Å². The Kier molecular flexibility index (Phi) is 3.02. The average molecular weight is 255 g/mol. The van der Waals surface area contributed by atoms with Crippen LogP contribution in [0.5, 0.6) is 0 Å². The largest absolute Gasteiger partial charge is 0.433 e. The molecule has 0 radical (unpaired) electrons. The second-order valence-electron chi connectivity index (χ2n) is 3.88. The lowest BCUT2D eigenvalue weighted by Crippen LogP contribution is -2.13. The van der Waals surface area contributed by atoms with Crippen molar-refractivity contribution in [1.82, 2.24) is 9.78 Å². The molecule has 3 nitrogen and oxygen atoms in total. The fourth-order valence-electron chi connectivity index (χ4n) is 1.67. The quantitative estimate of drug-likeness (QED) is 0.896. The minimum absolute atomic E-state index is 0.151. The summed E-state index contributed by atoms with van der Waals surface area (Å²) in [7, 11) is 0. The van der Waals surface area contributed by atoms with E-state index in [4.69, 9.17) is 5.73 Å². The Bertz CT molecular complexity index is 541. The van der Waals surface area contributed by atoms with Crippen LogP contribution < -0.4 is 5.73 Å². The van der Waals surface area contributed by atoms with Gasteiger partial charge in [0.15, 0.2) is 0 Å². The first-order valence-corrected chi connectivity index (χ1v) is 5.44. The van der Waals surface area contributed by atoms with Gasteiger partial charge in [-0.3, -0.25) is 0 Å². The molecule has 2 N–H and O–H groups in total. The summed E-state index contributed by atoms with van der Waals surface area (Å²) in [5, 5.41) is 3.68. The van der Waals surface area contributed by atoms with Gasteiger partial charge in [-0.2, -0.15) is 18.3 Å². The minimum Gasteiger partial charge on any atom is -0.382 e. The number of halogens is 3. The number of anilines is 1. The SMILES string of the molecule is CCc1ccc(-n2nc(N)cc2C(F)(F)F)cc1. The number of aryl methyl sites for hydroxylation is 1. The summed E-state index contributed by atoms with van der Waals surface area (Å²) in [6.45, 7) is 1.97.